The third-order valence-electron chi connectivity index (χ3n) is 3.62. The Labute approximate surface area is 158 Å². The second-order valence-electron chi connectivity index (χ2n) is 5.04. The lowest BCUT2D eigenvalue weighted by Gasteiger charge is -2.29. The van der Waals surface area contributed by atoms with E-state index >= 15 is 0 Å². The maximum Gasteiger partial charge on any atom is 0.191 e. The number of aliphatic imine (C=N–C) groups is 1. The summed E-state index contributed by atoms with van der Waals surface area (Å²) in [4.78, 5) is 7.19. The number of hydrogen-bond acceptors (Lipinski definition) is 2. The molecule has 1 aromatic rings. The van der Waals surface area contributed by atoms with Crippen LogP contribution in [0.4, 0.5) is 0 Å². The van der Waals surface area contributed by atoms with Crippen LogP contribution in [0.1, 0.15) is 32.4 Å². The van der Waals surface area contributed by atoms with Gasteiger partial charge in [-0.3, -0.25) is 9.89 Å². The second kappa shape index (κ2) is 13.4. The minimum atomic E-state index is 0. The Hall–Kier alpha value is -1.08. The van der Waals surface area contributed by atoms with E-state index in [4.69, 9.17) is 4.99 Å². The van der Waals surface area contributed by atoms with Gasteiger partial charge in [0.1, 0.15) is 0 Å². The highest BCUT2D eigenvalue weighted by Gasteiger charge is 2.17. The lowest BCUT2D eigenvalue weighted by Crippen LogP contribution is -2.38. The summed E-state index contributed by atoms with van der Waals surface area (Å²) in [5.74, 6) is 0.843. The molecule has 0 aliphatic rings. The molecule has 0 heterocycles. The molecule has 1 atom stereocenters. The fraction of sp³-hybridized carbons (Fsp3) is 0.500. The van der Waals surface area contributed by atoms with Crippen LogP contribution in [0.5, 0.6) is 0 Å². The number of nitrogens with one attached hydrogen (secondary N) is 2. The summed E-state index contributed by atoms with van der Waals surface area (Å²) in [5.41, 5.74) is 1.31. The van der Waals surface area contributed by atoms with Gasteiger partial charge in [0, 0.05) is 13.1 Å². The first-order valence-electron chi connectivity index (χ1n) is 8.18. The molecule has 0 aromatic heterocycles. The molecule has 4 nitrogen and oxygen atoms in total. The average Bonchev–Trinajstić information content (AvgIpc) is 2.57. The lowest BCUT2D eigenvalue weighted by molar-refractivity contribution is 0.224. The van der Waals surface area contributed by atoms with Crippen LogP contribution in [-0.4, -0.2) is 43.6 Å². The van der Waals surface area contributed by atoms with Crippen LogP contribution in [0.3, 0.4) is 0 Å². The van der Waals surface area contributed by atoms with Gasteiger partial charge in [-0.15, -0.1) is 30.6 Å². The lowest BCUT2D eigenvalue weighted by atomic mass is 10.1. The van der Waals surface area contributed by atoms with Crippen molar-refractivity contribution in [2.24, 2.45) is 4.99 Å². The Morgan fingerprint density at radius 1 is 1.17 bits per heavy atom. The minimum Gasteiger partial charge on any atom is -0.357 e. The van der Waals surface area contributed by atoms with Crippen molar-refractivity contribution in [3.05, 3.63) is 48.6 Å². The normalized spacial score (nSPS) is 12.4. The maximum atomic E-state index is 4.75. The molecule has 0 radical (unpaired) electrons. The molecular weight excluding hydrogens is 399 g/mol. The third-order valence-corrected chi connectivity index (χ3v) is 3.62. The molecule has 1 rings (SSSR count). The van der Waals surface area contributed by atoms with Crippen LogP contribution < -0.4 is 10.6 Å². The van der Waals surface area contributed by atoms with E-state index in [9.17, 15) is 0 Å². The van der Waals surface area contributed by atoms with E-state index in [2.05, 4.69) is 73.2 Å². The van der Waals surface area contributed by atoms with Crippen molar-refractivity contribution in [2.75, 3.05) is 32.7 Å². The summed E-state index contributed by atoms with van der Waals surface area (Å²) < 4.78 is 0. The van der Waals surface area contributed by atoms with E-state index in [0.29, 0.717) is 12.6 Å². The molecule has 130 valence electrons. The summed E-state index contributed by atoms with van der Waals surface area (Å²) in [6.45, 7) is 14.5. The standard InChI is InChI=1S/C18H30N4.HI/c1-5-14-20-18(19-6-2)21-15-17(22(7-3)8-4)16-12-10-9-11-13-16;/h5,9-13,17H,1,6-8,14-15H2,2-4H3,(H2,19,20,21);1H. The first kappa shape index (κ1) is 21.9. The zero-order valence-corrected chi connectivity index (χ0v) is 16.9. The zero-order chi connectivity index (χ0) is 16.2. The van der Waals surface area contributed by atoms with Crippen LogP contribution >= 0.6 is 24.0 Å². The van der Waals surface area contributed by atoms with Crippen molar-refractivity contribution in [1.29, 1.82) is 0 Å². The van der Waals surface area contributed by atoms with Crippen molar-refractivity contribution >= 4 is 29.9 Å². The van der Waals surface area contributed by atoms with Crippen molar-refractivity contribution in [3.63, 3.8) is 0 Å². The van der Waals surface area contributed by atoms with Gasteiger partial charge in [0.25, 0.3) is 0 Å². The van der Waals surface area contributed by atoms with Crippen LogP contribution in [0.2, 0.25) is 0 Å². The molecule has 0 saturated carbocycles. The Bertz CT molecular complexity index is 444. The average molecular weight is 430 g/mol. The predicted octanol–water partition coefficient (Wildman–Crippen LogP) is 3.43. The zero-order valence-electron chi connectivity index (χ0n) is 14.6. The van der Waals surface area contributed by atoms with Gasteiger partial charge >= 0.3 is 0 Å². The minimum absolute atomic E-state index is 0. The first-order chi connectivity index (χ1) is 10.8. The van der Waals surface area contributed by atoms with Crippen molar-refractivity contribution in [3.8, 4) is 0 Å². The van der Waals surface area contributed by atoms with E-state index in [1.807, 2.05) is 6.08 Å². The number of nitrogens with zero attached hydrogens (tertiary/aromatic N) is 2. The van der Waals surface area contributed by atoms with Gasteiger partial charge in [-0.2, -0.15) is 0 Å². The smallest absolute Gasteiger partial charge is 0.191 e. The molecule has 0 fully saturated rings. The predicted molar refractivity (Wildman–Crippen MR) is 112 cm³/mol. The maximum absolute atomic E-state index is 4.75. The summed E-state index contributed by atoms with van der Waals surface area (Å²) in [6.07, 6.45) is 1.84. The molecule has 5 heteroatoms. The third kappa shape index (κ3) is 7.83. The van der Waals surface area contributed by atoms with Gasteiger partial charge in [0.05, 0.1) is 12.6 Å². The number of likely N-dealkylation sites (N-methyl/N-ethyl adjacent to an activating group) is 1. The highest BCUT2D eigenvalue weighted by Crippen LogP contribution is 2.20. The van der Waals surface area contributed by atoms with Gasteiger partial charge < -0.3 is 10.6 Å². The number of rotatable bonds is 9. The number of hydrogen-bond donors (Lipinski definition) is 2. The van der Waals surface area contributed by atoms with E-state index in [0.717, 1.165) is 32.1 Å². The largest absolute Gasteiger partial charge is 0.357 e. The van der Waals surface area contributed by atoms with Gasteiger partial charge in [0.2, 0.25) is 0 Å². The number of benzene rings is 1. The van der Waals surface area contributed by atoms with Gasteiger partial charge in [-0.05, 0) is 25.6 Å². The summed E-state index contributed by atoms with van der Waals surface area (Å²) in [7, 11) is 0. The Balaban J connectivity index is 0.00000484. The molecule has 0 aliphatic heterocycles. The van der Waals surface area contributed by atoms with E-state index in [1.54, 1.807) is 0 Å². The molecule has 0 saturated heterocycles. The Morgan fingerprint density at radius 3 is 2.35 bits per heavy atom. The molecule has 0 amide bonds. The number of guanidine groups is 1. The van der Waals surface area contributed by atoms with Crippen molar-refractivity contribution in [2.45, 2.75) is 26.8 Å². The molecule has 0 spiro atoms. The Kier molecular flexibility index (Phi) is 12.7. The fourth-order valence-corrected chi connectivity index (χ4v) is 2.46. The van der Waals surface area contributed by atoms with Gasteiger partial charge in [-0.25, -0.2) is 0 Å². The molecule has 2 N–H and O–H groups in total. The summed E-state index contributed by atoms with van der Waals surface area (Å²) in [6, 6.07) is 10.9. The second-order valence-corrected chi connectivity index (χ2v) is 5.04. The van der Waals surface area contributed by atoms with E-state index in [1.165, 1.54) is 5.56 Å². The fourth-order valence-electron chi connectivity index (χ4n) is 2.46. The molecule has 0 aliphatic carbocycles. The van der Waals surface area contributed by atoms with E-state index in [-0.39, 0.29) is 24.0 Å². The van der Waals surface area contributed by atoms with Crippen LogP contribution in [-0.2, 0) is 0 Å². The van der Waals surface area contributed by atoms with Crippen LogP contribution in [0.15, 0.2) is 48.0 Å². The van der Waals surface area contributed by atoms with Crippen molar-refractivity contribution < 1.29 is 0 Å². The summed E-state index contributed by atoms with van der Waals surface area (Å²) >= 11 is 0. The van der Waals surface area contributed by atoms with Crippen LogP contribution in [0.25, 0.3) is 0 Å². The highest BCUT2D eigenvalue weighted by molar-refractivity contribution is 14.0. The van der Waals surface area contributed by atoms with Crippen molar-refractivity contribution in [1.82, 2.24) is 15.5 Å². The van der Waals surface area contributed by atoms with Crippen LogP contribution in [0, 0.1) is 0 Å². The topological polar surface area (TPSA) is 39.7 Å². The van der Waals surface area contributed by atoms with Gasteiger partial charge in [0.15, 0.2) is 5.96 Å². The molecule has 23 heavy (non-hydrogen) atoms. The quantitative estimate of drug-likeness (QED) is 0.273. The highest BCUT2D eigenvalue weighted by atomic mass is 127. The SMILES string of the molecule is C=CCNC(=NCC(c1ccccc1)N(CC)CC)NCC.I. The summed E-state index contributed by atoms with van der Waals surface area (Å²) in [5, 5.41) is 6.53. The van der Waals surface area contributed by atoms with E-state index < -0.39 is 0 Å². The first-order valence-corrected chi connectivity index (χ1v) is 8.18. The molecule has 1 unspecified atom stereocenters. The molecule has 0 bridgehead atoms. The van der Waals surface area contributed by atoms with Gasteiger partial charge in [-0.1, -0.05) is 50.3 Å². The number of halogens is 1. The molecular formula is C18H31IN4. The molecule has 1 aromatic carbocycles. The Morgan fingerprint density at radius 2 is 1.83 bits per heavy atom. The monoisotopic (exact) mass is 430 g/mol.